The summed E-state index contributed by atoms with van der Waals surface area (Å²) in [6.45, 7) is 0. The average Bonchev–Trinajstić information content (AvgIpc) is 2.15. The Morgan fingerprint density at radius 1 is 1.43 bits per heavy atom. The van der Waals surface area contributed by atoms with Gasteiger partial charge in [-0.25, -0.2) is 8.42 Å². The second kappa shape index (κ2) is 4.58. The molecule has 0 unspecified atom stereocenters. The lowest BCUT2D eigenvalue weighted by Gasteiger charge is -2.01. The fraction of sp³-hybridized carbons (Fsp3) is 0.222. The molecule has 0 saturated carbocycles. The van der Waals surface area contributed by atoms with E-state index in [9.17, 15) is 8.42 Å². The maximum atomic E-state index is 11.6. The molecule has 0 heterocycles. The van der Waals surface area contributed by atoms with Crippen LogP contribution in [-0.4, -0.2) is 14.2 Å². The normalized spacial score (nSPS) is 10.9. The highest BCUT2D eigenvalue weighted by atomic mass is 79.9. The number of rotatable bonds is 3. The zero-order chi connectivity index (χ0) is 10.6. The predicted molar refractivity (Wildman–Crippen MR) is 56.4 cm³/mol. The Kier molecular flexibility index (Phi) is 3.67. The van der Waals surface area contributed by atoms with E-state index in [0.717, 1.165) is 4.47 Å². The van der Waals surface area contributed by atoms with Crippen LogP contribution in [0.4, 0.5) is 0 Å². The maximum absolute atomic E-state index is 11.6. The van der Waals surface area contributed by atoms with Crippen molar-refractivity contribution in [1.29, 1.82) is 5.26 Å². The Labute approximate surface area is 91.4 Å². The summed E-state index contributed by atoms with van der Waals surface area (Å²) in [5.74, 6) is -0.125. The zero-order valence-electron chi connectivity index (χ0n) is 7.27. The van der Waals surface area contributed by atoms with Gasteiger partial charge in [-0.2, -0.15) is 5.26 Å². The predicted octanol–water partition coefficient (Wildman–Crippen LogP) is 2.14. The molecule has 5 heteroatoms. The fourth-order valence-electron chi connectivity index (χ4n) is 0.958. The van der Waals surface area contributed by atoms with E-state index in [0.29, 0.717) is 0 Å². The quantitative estimate of drug-likeness (QED) is 0.848. The van der Waals surface area contributed by atoms with Crippen LogP contribution in [0.3, 0.4) is 0 Å². The molecule has 0 radical (unpaired) electrons. The highest BCUT2D eigenvalue weighted by molar-refractivity contribution is 9.10. The smallest absolute Gasteiger partial charge is 0.179 e. The molecule has 0 N–H and O–H groups in total. The molecule has 74 valence electrons. The van der Waals surface area contributed by atoms with E-state index >= 15 is 0 Å². The van der Waals surface area contributed by atoms with Crippen molar-refractivity contribution in [3.63, 3.8) is 0 Å². The molecule has 0 saturated heterocycles. The van der Waals surface area contributed by atoms with E-state index < -0.39 is 9.84 Å². The Morgan fingerprint density at radius 3 is 2.71 bits per heavy atom. The standard InChI is InChI=1S/C9H8BrNO2S/c10-8-3-1-4-9(7-8)14(12,13)6-2-5-11/h1,3-4,7H,2,6H2. The van der Waals surface area contributed by atoms with E-state index in [-0.39, 0.29) is 17.1 Å². The number of benzene rings is 1. The van der Waals surface area contributed by atoms with Gasteiger partial charge in [-0.1, -0.05) is 22.0 Å². The fourth-order valence-corrected chi connectivity index (χ4v) is 2.70. The molecular formula is C9H8BrNO2S. The molecule has 1 aromatic carbocycles. The van der Waals surface area contributed by atoms with Crippen molar-refractivity contribution in [1.82, 2.24) is 0 Å². The summed E-state index contributed by atoms with van der Waals surface area (Å²) in [5.41, 5.74) is 0. The molecule has 0 aromatic heterocycles. The first-order valence-corrected chi connectivity index (χ1v) is 6.36. The van der Waals surface area contributed by atoms with E-state index in [2.05, 4.69) is 15.9 Å². The Hall–Kier alpha value is -0.860. The summed E-state index contributed by atoms with van der Waals surface area (Å²) in [6, 6.07) is 8.29. The van der Waals surface area contributed by atoms with Gasteiger partial charge in [0.2, 0.25) is 0 Å². The van der Waals surface area contributed by atoms with Crippen molar-refractivity contribution in [2.24, 2.45) is 0 Å². The van der Waals surface area contributed by atoms with Crippen molar-refractivity contribution in [2.45, 2.75) is 11.3 Å². The topological polar surface area (TPSA) is 57.9 Å². The molecule has 0 bridgehead atoms. The van der Waals surface area contributed by atoms with Gasteiger partial charge < -0.3 is 0 Å². The SMILES string of the molecule is N#CCCS(=O)(=O)c1cccc(Br)c1. The molecule has 0 aliphatic carbocycles. The maximum Gasteiger partial charge on any atom is 0.179 e. The average molecular weight is 274 g/mol. The number of hydrogen-bond donors (Lipinski definition) is 0. The third-order valence-electron chi connectivity index (χ3n) is 1.64. The first-order valence-electron chi connectivity index (χ1n) is 3.91. The summed E-state index contributed by atoms with van der Waals surface area (Å²) >= 11 is 3.19. The van der Waals surface area contributed by atoms with Crippen LogP contribution in [0.2, 0.25) is 0 Å². The van der Waals surface area contributed by atoms with Crippen LogP contribution in [0.1, 0.15) is 6.42 Å². The second-order valence-corrected chi connectivity index (χ2v) is 5.71. The van der Waals surface area contributed by atoms with Gasteiger partial charge in [0, 0.05) is 10.9 Å². The van der Waals surface area contributed by atoms with Gasteiger partial charge in [-0.15, -0.1) is 0 Å². The first kappa shape index (κ1) is 11.2. The van der Waals surface area contributed by atoms with E-state index in [4.69, 9.17) is 5.26 Å². The minimum atomic E-state index is -3.30. The molecule has 0 fully saturated rings. The summed E-state index contributed by atoms with van der Waals surface area (Å²) in [7, 11) is -3.30. The lowest BCUT2D eigenvalue weighted by Crippen LogP contribution is -2.05. The number of halogens is 1. The molecule has 0 aliphatic heterocycles. The van der Waals surface area contributed by atoms with Crippen LogP contribution in [-0.2, 0) is 9.84 Å². The second-order valence-electron chi connectivity index (χ2n) is 2.68. The Morgan fingerprint density at radius 2 is 2.14 bits per heavy atom. The minimum absolute atomic E-state index is 0.0227. The van der Waals surface area contributed by atoms with E-state index in [1.54, 1.807) is 12.1 Å². The van der Waals surface area contributed by atoms with Gasteiger partial charge in [-0.05, 0) is 18.2 Å². The monoisotopic (exact) mass is 273 g/mol. The minimum Gasteiger partial charge on any atom is -0.224 e. The Balaban J connectivity index is 3.00. The summed E-state index contributed by atoms with van der Waals surface area (Å²) in [5, 5.41) is 8.31. The van der Waals surface area contributed by atoms with Crippen LogP contribution < -0.4 is 0 Å². The van der Waals surface area contributed by atoms with Crippen LogP contribution in [0.25, 0.3) is 0 Å². The first-order chi connectivity index (χ1) is 6.56. The van der Waals surface area contributed by atoms with Crippen LogP contribution >= 0.6 is 15.9 Å². The lowest BCUT2D eigenvalue weighted by atomic mass is 10.4. The van der Waals surface area contributed by atoms with E-state index in [1.807, 2.05) is 6.07 Å². The molecule has 0 amide bonds. The number of nitriles is 1. The highest BCUT2D eigenvalue weighted by Crippen LogP contribution is 2.17. The van der Waals surface area contributed by atoms with Gasteiger partial charge in [-0.3, -0.25) is 0 Å². The van der Waals surface area contributed by atoms with Gasteiger partial charge in [0.15, 0.2) is 9.84 Å². The number of hydrogen-bond acceptors (Lipinski definition) is 3. The summed E-state index contributed by atoms with van der Waals surface area (Å²) in [6.07, 6.45) is 0.0227. The van der Waals surface area contributed by atoms with Crippen molar-refractivity contribution in [3.05, 3.63) is 28.7 Å². The van der Waals surface area contributed by atoms with Gasteiger partial charge >= 0.3 is 0 Å². The van der Waals surface area contributed by atoms with Gasteiger partial charge in [0.25, 0.3) is 0 Å². The van der Waals surface area contributed by atoms with Crippen molar-refractivity contribution in [2.75, 3.05) is 5.75 Å². The lowest BCUT2D eigenvalue weighted by molar-refractivity contribution is 0.596. The van der Waals surface area contributed by atoms with Crippen molar-refractivity contribution in [3.8, 4) is 6.07 Å². The van der Waals surface area contributed by atoms with Gasteiger partial charge in [0.05, 0.1) is 16.7 Å². The molecule has 1 aromatic rings. The van der Waals surface area contributed by atoms with Crippen LogP contribution in [0.5, 0.6) is 0 Å². The molecule has 3 nitrogen and oxygen atoms in total. The zero-order valence-corrected chi connectivity index (χ0v) is 9.68. The molecule has 0 atom stereocenters. The van der Waals surface area contributed by atoms with Crippen molar-refractivity contribution < 1.29 is 8.42 Å². The largest absolute Gasteiger partial charge is 0.224 e. The number of nitrogens with zero attached hydrogens (tertiary/aromatic N) is 1. The van der Waals surface area contributed by atoms with E-state index in [1.165, 1.54) is 12.1 Å². The molecule has 1 rings (SSSR count). The van der Waals surface area contributed by atoms with Gasteiger partial charge in [0.1, 0.15) is 0 Å². The third kappa shape index (κ3) is 2.82. The van der Waals surface area contributed by atoms with Crippen molar-refractivity contribution >= 4 is 25.8 Å². The summed E-state index contributed by atoms with van der Waals surface area (Å²) < 4.78 is 23.9. The van der Waals surface area contributed by atoms with Crippen LogP contribution in [0.15, 0.2) is 33.6 Å². The highest BCUT2D eigenvalue weighted by Gasteiger charge is 2.13. The Bertz CT molecular complexity index is 462. The summed E-state index contributed by atoms with van der Waals surface area (Å²) in [4.78, 5) is 0.252. The molecular weight excluding hydrogens is 266 g/mol. The van der Waals surface area contributed by atoms with Crippen LogP contribution in [0, 0.1) is 11.3 Å². The molecule has 0 spiro atoms. The molecule has 14 heavy (non-hydrogen) atoms. The molecule has 0 aliphatic rings. The number of sulfone groups is 1. The third-order valence-corrected chi connectivity index (χ3v) is 3.84.